The quantitative estimate of drug-likeness (QED) is 0.716. The number of hydrogen-bond acceptors (Lipinski definition) is 6. The Morgan fingerprint density at radius 3 is 2.59 bits per heavy atom. The molecule has 3 aliphatic heterocycles. The summed E-state index contributed by atoms with van der Waals surface area (Å²) < 4.78 is 6.05. The van der Waals surface area contributed by atoms with Crippen molar-refractivity contribution in [2.75, 3.05) is 69.3 Å². The molecule has 0 aromatic heterocycles. The van der Waals surface area contributed by atoms with Crippen LogP contribution in [0.25, 0.3) is 0 Å². The van der Waals surface area contributed by atoms with Crippen LogP contribution in [0.1, 0.15) is 22.3 Å². The zero-order chi connectivity index (χ0) is 23.5. The van der Waals surface area contributed by atoms with Crippen molar-refractivity contribution in [3.63, 3.8) is 0 Å². The molecule has 0 unspecified atom stereocenters. The fraction of sp³-hybridized carbons (Fsp3) is 0.462. The van der Waals surface area contributed by atoms with Crippen LogP contribution in [0, 0.1) is 0 Å². The lowest BCUT2D eigenvalue weighted by molar-refractivity contribution is -0.120. The number of carbonyl (C=O) groups is 2. The van der Waals surface area contributed by atoms with E-state index >= 15 is 0 Å². The van der Waals surface area contributed by atoms with Gasteiger partial charge in [0, 0.05) is 81.2 Å². The van der Waals surface area contributed by atoms with E-state index in [1.165, 1.54) is 11.3 Å². The molecule has 8 heteroatoms. The van der Waals surface area contributed by atoms with Gasteiger partial charge in [-0.15, -0.1) is 0 Å². The van der Waals surface area contributed by atoms with Crippen LogP contribution < -0.4 is 25.2 Å². The summed E-state index contributed by atoms with van der Waals surface area (Å²) in [5, 5.41) is 6.06. The zero-order valence-corrected chi connectivity index (χ0v) is 19.8. The smallest absolute Gasteiger partial charge is 0.251 e. The first kappa shape index (κ1) is 22.5. The van der Waals surface area contributed by atoms with Gasteiger partial charge in [-0.1, -0.05) is 6.07 Å². The molecule has 180 valence electrons. The maximum absolute atomic E-state index is 13.0. The average Bonchev–Trinajstić information content (AvgIpc) is 3.08. The van der Waals surface area contributed by atoms with Gasteiger partial charge < -0.3 is 30.1 Å². The highest BCUT2D eigenvalue weighted by Gasteiger charge is 2.27. The van der Waals surface area contributed by atoms with Gasteiger partial charge in [0.1, 0.15) is 12.4 Å². The van der Waals surface area contributed by atoms with Gasteiger partial charge in [0.2, 0.25) is 5.91 Å². The van der Waals surface area contributed by atoms with Crippen molar-refractivity contribution < 1.29 is 14.3 Å². The number of hydrogen-bond donors (Lipinski definition) is 2. The molecule has 0 saturated carbocycles. The number of likely N-dealkylation sites (N-methyl/N-ethyl adjacent to an activating group) is 1. The molecule has 0 spiro atoms. The van der Waals surface area contributed by atoms with Gasteiger partial charge in [-0.25, -0.2) is 0 Å². The van der Waals surface area contributed by atoms with Crippen molar-refractivity contribution in [1.82, 2.24) is 15.5 Å². The number of ether oxygens (including phenoxy) is 1. The Labute approximate surface area is 200 Å². The van der Waals surface area contributed by atoms with E-state index in [0.717, 1.165) is 50.6 Å². The van der Waals surface area contributed by atoms with E-state index in [1.54, 1.807) is 0 Å². The summed E-state index contributed by atoms with van der Waals surface area (Å²) >= 11 is 0. The predicted molar refractivity (Wildman–Crippen MR) is 133 cm³/mol. The van der Waals surface area contributed by atoms with E-state index in [-0.39, 0.29) is 17.9 Å². The molecule has 8 nitrogen and oxygen atoms in total. The molecule has 2 N–H and O–H groups in total. The number of benzene rings is 2. The monoisotopic (exact) mass is 463 g/mol. The molecule has 2 amide bonds. The molecule has 3 heterocycles. The van der Waals surface area contributed by atoms with Crippen molar-refractivity contribution in [1.29, 1.82) is 0 Å². The maximum Gasteiger partial charge on any atom is 0.251 e. The van der Waals surface area contributed by atoms with E-state index < -0.39 is 0 Å². The molecule has 0 radical (unpaired) electrons. The second-order valence-electron chi connectivity index (χ2n) is 9.36. The van der Waals surface area contributed by atoms with Crippen molar-refractivity contribution in [3.05, 3.63) is 53.6 Å². The van der Waals surface area contributed by atoms with Crippen LogP contribution in [-0.2, 0) is 11.2 Å². The molecule has 2 aromatic rings. The van der Waals surface area contributed by atoms with Gasteiger partial charge in [-0.2, -0.15) is 0 Å². The van der Waals surface area contributed by atoms with E-state index in [9.17, 15) is 9.59 Å². The summed E-state index contributed by atoms with van der Waals surface area (Å²) in [6, 6.07) is 13.8. The number of carbonyl (C=O) groups excluding carboxylic acids is 2. The minimum absolute atomic E-state index is 0.0732. The molecule has 2 aromatic carbocycles. The van der Waals surface area contributed by atoms with E-state index in [1.807, 2.05) is 30.3 Å². The van der Waals surface area contributed by atoms with Crippen LogP contribution in [0.5, 0.6) is 5.75 Å². The summed E-state index contributed by atoms with van der Waals surface area (Å²) in [5.74, 6) is 0.927. The molecule has 0 bridgehead atoms. The minimum atomic E-state index is -0.0895. The lowest BCUT2D eigenvalue weighted by Gasteiger charge is -2.37. The Morgan fingerprint density at radius 2 is 1.79 bits per heavy atom. The molecule has 3 aliphatic rings. The average molecular weight is 464 g/mol. The fourth-order valence-electron chi connectivity index (χ4n) is 4.94. The molecular formula is C26H33N5O3. The van der Waals surface area contributed by atoms with Crippen molar-refractivity contribution >= 4 is 23.2 Å². The van der Waals surface area contributed by atoms with Crippen molar-refractivity contribution in [3.8, 4) is 5.75 Å². The summed E-state index contributed by atoms with van der Waals surface area (Å²) in [5.41, 5.74) is 4.06. The van der Waals surface area contributed by atoms with Crippen LogP contribution in [0.4, 0.5) is 11.4 Å². The standard InChI is InChI=1S/C26H33N5O3/c1-29-13-15-31(16-14-29)23-3-2-4-24-22(23)17-20(18-34-24)28-26(33)19-5-7-21(8-6-19)30-11-9-25(32)27-10-12-30/h2-8,20H,9-18H2,1H3,(H,27,32)(H,28,33)/t20-/m0/s1. The second-order valence-corrected chi connectivity index (χ2v) is 9.36. The summed E-state index contributed by atoms with van der Waals surface area (Å²) in [6.45, 7) is 6.65. The molecule has 0 aliphatic carbocycles. The Hall–Kier alpha value is -3.26. The third-order valence-corrected chi connectivity index (χ3v) is 6.99. The van der Waals surface area contributed by atoms with Crippen LogP contribution in [0.15, 0.2) is 42.5 Å². The number of nitrogens with one attached hydrogen (secondary N) is 2. The van der Waals surface area contributed by atoms with Crippen molar-refractivity contribution in [2.24, 2.45) is 0 Å². The topological polar surface area (TPSA) is 77.2 Å². The highest BCUT2D eigenvalue weighted by atomic mass is 16.5. The minimum Gasteiger partial charge on any atom is -0.491 e. The van der Waals surface area contributed by atoms with Crippen molar-refractivity contribution in [2.45, 2.75) is 18.9 Å². The van der Waals surface area contributed by atoms with E-state index in [4.69, 9.17) is 4.74 Å². The van der Waals surface area contributed by atoms with E-state index in [0.29, 0.717) is 31.7 Å². The lowest BCUT2D eigenvalue weighted by Crippen LogP contribution is -2.46. The van der Waals surface area contributed by atoms with Crippen LogP contribution >= 0.6 is 0 Å². The third kappa shape index (κ3) is 4.97. The molecule has 1 atom stereocenters. The molecule has 5 rings (SSSR count). The number of piperazine rings is 1. The van der Waals surface area contributed by atoms with Gasteiger partial charge in [0.25, 0.3) is 5.91 Å². The number of fused-ring (bicyclic) bond motifs is 1. The molecule has 2 saturated heterocycles. The number of anilines is 2. The van der Waals surface area contributed by atoms with Crippen LogP contribution in [0.2, 0.25) is 0 Å². The third-order valence-electron chi connectivity index (χ3n) is 6.99. The molecule has 2 fully saturated rings. The highest BCUT2D eigenvalue weighted by molar-refractivity contribution is 5.94. The molecule has 34 heavy (non-hydrogen) atoms. The second kappa shape index (κ2) is 9.93. The van der Waals surface area contributed by atoms with Crippen LogP contribution in [0.3, 0.4) is 0 Å². The fourth-order valence-corrected chi connectivity index (χ4v) is 4.94. The number of amides is 2. The number of rotatable bonds is 4. The lowest BCUT2D eigenvalue weighted by atomic mass is 9.99. The predicted octanol–water partition coefficient (Wildman–Crippen LogP) is 1.50. The first-order valence-electron chi connectivity index (χ1n) is 12.2. The highest BCUT2D eigenvalue weighted by Crippen LogP contribution is 2.34. The Bertz CT molecular complexity index is 1030. The first-order chi connectivity index (χ1) is 16.6. The molecular weight excluding hydrogens is 430 g/mol. The SMILES string of the molecule is CN1CCN(c2cccc3c2C[C@H](NC(=O)c2ccc(N4CCNC(=O)CC4)cc2)CO3)CC1. The first-order valence-corrected chi connectivity index (χ1v) is 12.2. The van der Waals surface area contributed by atoms with Gasteiger partial charge in [-0.3, -0.25) is 9.59 Å². The summed E-state index contributed by atoms with van der Waals surface area (Å²) in [4.78, 5) is 31.5. The van der Waals surface area contributed by atoms with Crippen LogP contribution in [-0.4, -0.2) is 82.2 Å². The Balaban J connectivity index is 1.23. The Morgan fingerprint density at radius 1 is 1.00 bits per heavy atom. The largest absolute Gasteiger partial charge is 0.491 e. The van der Waals surface area contributed by atoms with E-state index in [2.05, 4.69) is 44.5 Å². The maximum atomic E-state index is 13.0. The zero-order valence-electron chi connectivity index (χ0n) is 19.8. The Kier molecular flexibility index (Phi) is 6.58. The summed E-state index contributed by atoms with van der Waals surface area (Å²) in [6.07, 6.45) is 1.25. The van der Waals surface area contributed by atoms with Gasteiger partial charge in [-0.05, 0) is 43.4 Å². The normalized spacial score (nSPS) is 21.2. The van der Waals surface area contributed by atoms with Gasteiger partial charge in [0.15, 0.2) is 0 Å². The van der Waals surface area contributed by atoms with Gasteiger partial charge in [0.05, 0.1) is 6.04 Å². The summed E-state index contributed by atoms with van der Waals surface area (Å²) in [7, 11) is 2.16. The van der Waals surface area contributed by atoms with Gasteiger partial charge >= 0.3 is 0 Å². The number of nitrogens with zero attached hydrogens (tertiary/aromatic N) is 3.